The number of benzene rings is 2. The van der Waals surface area contributed by atoms with E-state index >= 15 is 0 Å². The number of carbonyl (C=O) groups is 2. The van der Waals surface area contributed by atoms with Gasteiger partial charge >= 0.3 is 12.3 Å². The summed E-state index contributed by atoms with van der Waals surface area (Å²) in [6, 6.07) is 9.49. The van der Waals surface area contributed by atoms with E-state index in [1.807, 2.05) is 0 Å². The molecule has 6 nitrogen and oxygen atoms in total. The van der Waals surface area contributed by atoms with E-state index in [1.54, 1.807) is 16.8 Å². The molecule has 2 aliphatic carbocycles. The van der Waals surface area contributed by atoms with Crippen molar-refractivity contribution in [2.45, 2.75) is 44.6 Å². The number of carbonyl (C=O) groups excluding carboxylic acids is 1. The molecule has 1 spiro atoms. The number of aromatic nitrogens is 1. The number of fused-ring (bicyclic) bond motifs is 1. The molecule has 2 aliphatic rings. The predicted octanol–water partition coefficient (Wildman–Crippen LogP) is 5.10. The molecule has 0 saturated heterocycles. The van der Waals surface area contributed by atoms with Crippen LogP contribution < -0.4 is 10.1 Å². The molecule has 2 N–H and O–H groups in total. The molecule has 3 aromatic rings. The van der Waals surface area contributed by atoms with Crippen LogP contribution in [0.5, 0.6) is 5.75 Å². The van der Waals surface area contributed by atoms with Gasteiger partial charge in [0.15, 0.2) is 0 Å². The quantitative estimate of drug-likeness (QED) is 0.471. The number of nitrogens with one attached hydrogen (secondary N) is 1. The standard InChI is InChI=1S/C25H22F4N2O4/c26-20-6-5-19(22(32)30-16-11-24(12-16)9-15(10-24)23(33)34)21-18(20)7-8-31(21)13-14-1-3-17(4-2-14)35-25(27,28)29/h1-8,15-16H,9-13H2,(H,30,32)(H,33,34). The zero-order chi connectivity index (χ0) is 25.0. The summed E-state index contributed by atoms with van der Waals surface area (Å²) in [6.45, 7) is 0.211. The molecule has 2 aromatic carbocycles. The smallest absolute Gasteiger partial charge is 0.481 e. The second-order valence-corrected chi connectivity index (χ2v) is 9.51. The number of nitrogens with zero attached hydrogens (tertiary/aromatic N) is 1. The van der Waals surface area contributed by atoms with E-state index in [0.717, 1.165) is 12.8 Å². The Bertz CT molecular complexity index is 1290. The summed E-state index contributed by atoms with van der Waals surface area (Å²) in [7, 11) is 0. The predicted molar refractivity (Wildman–Crippen MR) is 117 cm³/mol. The summed E-state index contributed by atoms with van der Waals surface area (Å²) in [6.07, 6.45) is -0.450. The summed E-state index contributed by atoms with van der Waals surface area (Å²) in [5.41, 5.74) is 1.33. The molecule has 5 rings (SSSR count). The molecular weight excluding hydrogens is 468 g/mol. The van der Waals surface area contributed by atoms with Crippen molar-refractivity contribution in [3.05, 3.63) is 65.6 Å². The van der Waals surface area contributed by atoms with Crippen molar-refractivity contribution in [2.24, 2.45) is 11.3 Å². The van der Waals surface area contributed by atoms with Gasteiger partial charge in [-0.05, 0) is 67.0 Å². The molecule has 0 unspecified atom stereocenters. The van der Waals surface area contributed by atoms with Crippen molar-refractivity contribution in [1.29, 1.82) is 0 Å². The molecular formula is C25H22F4N2O4. The maximum Gasteiger partial charge on any atom is 0.573 e. The Balaban J connectivity index is 1.31. The Kier molecular flexibility index (Phi) is 5.49. The topological polar surface area (TPSA) is 80.6 Å². The van der Waals surface area contributed by atoms with E-state index in [-0.39, 0.29) is 41.0 Å². The maximum absolute atomic E-state index is 14.5. The molecule has 1 aromatic heterocycles. The van der Waals surface area contributed by atoms with Crippen molar-refractivity contribution < 1.29 is 37.0 Å². The van der Waals surface area contributed by atoms with Gasteiger partial charge in [-0.1, -0.05) is 12.1 Å². The zero-order valence-electron chi connectivity index (χ0n) is 18.4. The lowest BCUT2D eigenvalue weighted by molar-refractivity contribution is -0.274. The number of carboxylic acids is 1. The van der Waals surface area contributed by atoms with E-state index in [2.05, 4.69) is 10.1 Å². The van der Waals surface area contributed by atoms with Gasteiger partial charge in [-0.2, -0.15) is 0 Å². The van der Waals surface area contributed by atoms with Crippen LogP contribution in [0.25, 0.3) is 10.9 Å². The van der Waals surface area contributed by atoms with Crippen molar-refractivity contribution in [3.63, 3.8) is 0 Å². The van der Waals surface area contributed by atoms with Gasteiger partial charge < -0.3 is 19.7 Å². The first-order chi connectivity index (χ1) is 16.5. The summed E-state index contributed by atoms with van der Waals surface area (Å²) < 4.78 is 57.2. The van der Waals surface area contributed by atoms with Crippen LogP contribution in [0.4, 0.5) is 17.6 Å². The number of alkyl halides is 3. The number of ether oxygens (including phenoxy) is 1. The number of rotatable bonds is 6. The molecule has 10 heteroatoms. The van der Waals surface area contributed by atoms with E-state index in [1.165, 1.54) is 36.4 Å². The summed E-state index contributed by atoms with van der Waals surface area (Å²) >= 11 is 0. The highest BCUT2D eigenvalue weighted by atomic mass is 19.4. The van der Waals surface area contributed by atoms with Gasteiger partial charge in [0.25, 0.3) is 5.91 Å². The average molecular weight is 490 g/mol. The Morgan fingerprint density at radius 2 is 1.74 bits per heavy atom. The summed E-state index contributed by atoms with van der Waals surface area (Å²) in [5.74, 6) is -2.26. The van der Waals surface area contributed by atoms with Crippen LogP contribution >= 0.6 is 0 Å². The van der Waals surface area contributed by atoms with Crippen LogP contribution in [0.15, 0.2) is 48.7 Å². The molecule has 2 fully saturated rings. The van der Waals surface area contributed by atoms with E-state index in [9.17, 15) is 27.2 Å². The number of aliphatic carboxylic acids is 1. The van der Waals surface area contributed by atoms with Crippen LogP contribution in [-0.4, -0.2) is 34.0 Å². The molecule has 1 amide bonds. The third kappa shape index (κ3) is 4.56. The Labute approximate surface area is 197 Å². The highest BCUT2D eigenvalue weighted by Crippen LogP contribution is 2.58. The Morgan fingerprint density at radius 1 is 1.06 bits per heavy atom. The third-order valence-corrected chi connectivity index (χ3v) is 7.03. The number of hydrogen-bond acceptors (Lipinski definition) is 3. The van der Waals surface area contributed by atoms with Gasteiger partial charge in [-0.15, -0.1) is 13.2 Å². The van der Waals surface area contributed by atoms with Gasteiger partial charge in [0.1, 0.15) is 11.6 Å². The third-order valence-electron chi connectivity index (χ3n) is 7.03. The van der Waals surface area contributed by atoms with Gasteiger partial charge in [0, 0.05) is 24.2 Å². The lowest BCUT2D eigenvalue weighted by atomic mass is 9.50. The largest absolute Gasteiger partial charge is 0.573 e. The van der Waals surface area contributed by atoms with Crippen LogP contribution in [-0.2, 0) is 11.3 Å². The van der Waals surface area contributed by atoms with Crippen molar-refractivity contribution >= 4 is 22.8 Å². The lowest BCUT2D eigenvalue weighted by Crippen LogP contribution is -2.57. The van der Waals surface area contributed by atoms with Gasteiger partial charge in [-0.3, -0.25) is 9.59 Å². The zero-order valence-corrected chi connectivity index (χ0v) is 18.4. The normalized spacial score (nSPS) is 23.5. The number of amides is 1. The maximum atomic E-state index is 14.5. The van der Waals surface area contributed by atoms with Crippen LogP contribution in [0.3, 0.4) is 0 Å². The average Bonchev–Trinajstić information content (AvgIpc) is 3.13. The second-order valence-electron chi connectivity index (χ2n) is 9.51. The van der Waals surface area contributed by atoms with Crippen LogP contribution in [0.1, 0.15) is 41.6 Å². The van der Waals surface area contributed by atoms with Crippen LogP contribution in [0.2, 0.25) is 0 Å². The van der Waals surface area contributed by atoms with Crippen molar-refractivity contribution in [2.75, 3.05) is 0 Å². The Morgan fingerprint density at radius 3 is 2.37 bits per heavy atom. The van der Waals surface area contributed by atoms with E-state index in [0.29, 0.717) is 29.5 Å². The second kappa shape index (κ2) is 8.28. The van der Waals surface area contributed by atoms with Gasteiger partial charge in [0.2, 0.25) is 0 Å². The van der Waals surface area contributed by atoms with Crippen LogP contribution in [0, 0.1) is 17.2 Å². The first kappa shape index (κ1) is 23.2. The molecule has 0 bridgehead atoms. The molecule has 1 heterocycles. The minimum absolute atomic E-state index is 0.00132. The first-order valence-corrected chi connectivity index (χ1v) is 11.2. The molecule has 35 heavy (non-hydrogen) atoms. The SMILES string of the molecule is O=C(NC1CC2(C1)CC(C(=O)O)C2)c1ccc(F)c2ccn(Cc3ccc(OC(F)(F)F)cc3)c12. The number of carboxylic acid groups (broad SMARTS) is 1. The van der Waals surface area contributed by atoms with Gasteiger partial charge in [0.05, 0.1) is 17.0 Å². The molecule has 0 atom stereocenters. The Hall–Kier alpha value is -3.56. The fourth-order valence-corrected chi connectivity index (χ4v) is 5.44. The molecule has 184 valence electrons. The van der Waals surface area contributed by atoms with E-state index in [4.69, 9.17) is 5.11 Å². The fourth-order valence-electron chi connectivity index (χ4n) is 5.44. The first-order valence-electron chi connectivity index (χ1n) is 11.2. The minimum atomic E-state index is -4.78. The summed E-state index contributed by atoms with van der Waals surface area (Å²) in [5, 5.41) is 12.3. The number of halogens is 4. The summed E-state index contributed by atoms with van der Waals surface area (Å²) in [4.78, 5) is 24.1. The lowest BCUT2D eigenvalue weighted by Gasteiger charge is -2.56. The van der Waals surface area contributed by atoms with E-state index < -0.39 is 18.1 Å². The molecule has 0 aliphatic heterocycles. The van der Waals surface area contributed by atoms with Crippen molar-refractivity contribution in [3.8, 4) is 5.75 Å². The number of hydrogen-bond donors (Lipinski definition) is 2. The highest BCUT2D eigenvalue weighted by Gasteiger charge is 2.55. The fraction of sp³-hybridized carbons (Fsp3) is 0.360. The molecule has 0 radical (unpaired) electrons. The van der Waals surface area contributed by atoms with Crippen molar-refractivity contribution in [1.82, 2.24) is 9.88 Å². The highest BCUT2D eigenvalue weighted by molar-refractivity contribution is 6.06. The minimum Gasteiger partial charge on any atom is -0.481 e. The molecule has 2 saturated carbocycles. The monoisotopic (exact) mass is 490 g/mol. The van der Waals surface area contributed by atoms with Gasteiger partial charge in [-0.25, -0.2) is 4.39 Å².